The molecule has 170 valence electrons. The average Bonchev–Trinajstić information content (AvgIpc) is 2.77. The van der Waals surface area contributed by atoms with E-state index in [0.717, 1.165) is 28.8 Å². The summed E-state index contributed by atoms with van der Waals surface area (Å²) in [6.45, 7) is 3.37. The highest BCUT2D eigenvalue weighted by Crippen LogP contribution is 2.20. The quantitative estimate of drug-likeness (QED) is 0.287. The van der Waals surface area contributed by atoms with Crippen molar-refractivity contribution >= 4 is 16.9 Å². The molecule has 0 bridgehead atoms. The van der Waals surface area contributed by atoms with E-state index in [2.05, 4.69) is 4.90 Å². The first-order valence-electron chi connectivity index (χ1n) is 10.7. The van der Waals surface area contributed by atoms with E-state index in [0.29, 0.717) is 30.6 Å². The van der Waals surface area contributed by atoms with E-state index in [1.165, 1.54) is 0 Å². The van der Waals surface area contributed by atoms with Crippen molar-refractivity contribution in [2.45, 2.75) is 26.2 Å². The summed E-state index contributed by atoms with van der Waals surface area (Å²) >= 11 is 0. The van der Waals surface area contributed by atoms with Crippen molar-refractivity contribution < 1.29 is 19.2 Å². The average molecular weight is 439 g/mol. The molecule has 0 saturated heterocycles. The van der Waals surface area contributed by atoms with Gasteiger partial charge >= 0.3 is 5.63 Å². The summed E-state index contributed by atoms with van der Waals surface area (Å²) in [4.78, 5) is 26.8. The molecule has 0 saturated carbocycles. The first-order chi connectivity index (χ1) is 15.4. The SMILES string of the molecule is Cc1ccc2cc(CC(CCc3ccc(OCCN(C)C)cc3)C(=O)NO)c(=O)oc2c1. The van der Waals surface area contributed by atoms with Crippen molar-refractivity contribution in [2.24, 2.45) is 5.92 Å². The zero-order valence-electron chi connectivity index (χ0n) is 18.8. The number of ether oxygens (including phenoxy) is 1. The second-order valence-corrected chi connectivity index (χ2v) is 8.31. The number of aryl methyl sites for hydroxylation is 2. The molecule has 32 heavy (non-hydrogen) atoms. The third-order valence-corrected chi connectivity index (χ3v) is 5.42. The molecule has 1 unspecified atom stereocenters. The minimum absolute atomic E-state index is 0.185. The van der Waals surface area contributed by atoms with Crippen LogP contribution in [-0.4, -0.2) is 43.3 Å². The molecule has 0 radical (unpaired) electrons. The van der Waals surface area contributed by atoms with Gasteiger partial charge in [-0.3, -0.25) is 10.0 Å². The number of nitrogens with one attached hydrogen (secondary N) is 1. The molecule has 3 aromatic rings. The number of nitrogens with zero attached hydrogens (tertiary/aromatic N) is 1. The Bertz CT molecular complexity index is 1110. The predicted octanol–water partition coefficient (Wildman–Crippen LogP) is 3.34. The Morgan fingerprint density at radius 1 is 1.16 bits per heavy atom. The molecule has 0 aliphatic heterocycles. The Kier molecular flexibility index (Phi) is 8.03. The summed E-state index contributed by atoms with van der Waals surface area (Å²) in [6.07, 6.45) is 1.27. The van der Waals surface area contributed by atoms with Crippen molar-refractivity contribution in [3.05, 3.63) is 75.6 Å². The number of hydrogen-bond acceptors (Lipinski definition) is 6. The number of hydrogen-bond donors (Lipinski definition) is 2. The van der Waals surface area contributed by atoms with Crippen LogP contribution in [0.3, 0.4) is 0 Å². The lowest BCUT2D eigenvalue weighted by Gasteiger charge is -2.15. The molecule has 2 aromatic carbocycles. The summed E-state index contributed by atoms with van der Waals surface area (Å²) in [5, 5.41) is 9.99. The van der Waals surface area contributed by atoms with E-state index in [1.807, 2.05) is 63.5 Å². The smallest absolute Gasteiger partial charge is 0.339 e. The maximum atomic E-state index is 12.5. The van der Waals surface area contributed by atoms with Crippen LogP contribution in [0.15, 0.2) is 57.7 Å². The molecule has 7 heteroatoms. The summed E-state index contributed by atoms with van der Waals surface area (Å²) in [7, 11) is 3.99. The summed E-state index contributed by atoms with van der Waals surface area (Å²) < 4.78 is 11.1. The number of amides is 1. The Morgan fingerprint density at radius 2 is 1.91 bits per heavy atom. The van der Waals surface area contributed by atoms with Crippen molar-refractivity contribution in [1.29, 1.82) is 0 Å². The Labute approximate surface area is 187 Å². The maximum absolute atomic E-state index is 12.5. The molecule has 3 rings (SSSR count). The lowest BCUT2D eigenvalue weighted by Crippen LogP contribution is -2.31. The second-order valence-electron chi connectivity index (χ2n) is 8.31. The number of fused-ring (bicyclic) bond motifs is 1. The molecule has 1 aromatic heterocycles. The van der Waals surface area contributed by atoms with Crippen LogP contribution in [0.5, 0.6) is 5.75 Å². The van der Waals surface area contributed by atoms with Crippen LogP contribution < -0.4 is 15.8 Å². The maximum Gasteiger partial charge on any atom is 0.339 e. The van der Waals surface area contributed by atoms with E-state index in [-0.39, 0.29) is 6.42 Å². The molecule has 2 N–H and O–H groups in total. The lowest BCUT2D eigenvalue weighted by molar-refractivity contribution is -0.133. The van der Waals surface area contributed by atoms with E-state index in [1.54, 1.807) is 11.5 Å². The number of likely N-dealkylation sites (N-methyl/N-ethyl adjacent to an activating group) is 1. The van der Waals surface area contributed by atoms with Gasteiger partial charge < -0.3 is 14.1 Å². The highest BCUT2D eigenvalue weighted by molar-refractivity contribution is 5.79. The van der Waals surface area contributed by atoms with Crippen LogP contribution in [0.1, 0.15) is 23.1 Å². The van der Waals surface area contributed by atoms with E-state index >= 15 is 0 Å². The van der Waals surface area contributed by atoms with Gasteiger partial charge in [0.15, 0.2) is 0 Å². The molecular weight excluding hydrogens is 408 g/mol. The van der Waals surface area contributed by atoms with Crippen molar-refractivity contribution in [3.8, 4) is 5.75 Å². The van der Waals surface area contributed by atoms with Gasteiger partial charge in [-0.15, -0.1) is 0 Å². The second kappa shape index (κ2) is 10.9. The molecule has 1 amide bonds. The van der Waals surface area contributed by atoms with E-state index in [4.69, 9.17) is 9.15 Å². The third kappa shape index (κ3) is 6.42. The molecule has 0 aliphatic carbocycles. The molecular formula is C25H30N2O5. The molecule has 0 spiro atoms. The fraction of sp³-hybridized carbons (Fsp3) is 0.360. The lowest BCUT2D eigenvalue weighted by atomic mass is 9.92. The Balaban J connectivity index is 1.67. The number of rotatable bonds is 10. The monoisotopic (exact) mass is 438 g/mol. The normalized spacial score (nSPS) is 12.2. The third-order valence-electron chi connectivity index (χ3n) is 5.42. The van der Waals surface area contributed by atoms with Crippen LogP contribution in [0.4, 0.5) is 0 Å². The van der Waals surface area contributed by atoms with Crippen LogP contribution >= 0.6 is 0 Å². The van der Waals surface area contributed by atoms with Crippen LogP contribution in [-0.2, 0) is 17.6 Å². The van der Waals surface area contributed by atoms with Gasteiger partial charge in [0.05, 0.1) is 0 Å². The highest BCUT2D eigenvalue weighted by Gasteiger charge is 2.21. The molecule has 1 heterocycles. The highest BCUT2D eigenvalue weighted by atomic mass is 16.5. The largest absolute Gasteiger partial charge is 0.492 e. The van der Waals surface area contributed by atoms with Crippen molar-refractivity contribution in [3.63, 3.8) is 0 Å². The van der Waals surface area contributed by atoms with E-state index < -0.39 is 17.5 Å². The zero-order chi connectivity index (χ0) is 23.1. The summed E-state index contributed by atoms with van der Waals surface area (Å²) in [6, 6.07) is 15.2. The van der Waals surface area contributed by atoms with Crippen LogP contribution in [0.25, 0.3) is 11.0 Å². The summed E-state index contributed by atoms with van der Waals surface area (Å²) in [5.74, 6) is -0.289. The summed E-state index contributed by atoms with van der Waals surface area (Å²) in [5.41, 5.74) is 4.25. The van der Waals surface area contributed by atoms with Crippen LogP contribution in [0, 0.1) is 12.8 Å². The van der Waals surface area contributed by atoms with Gasteiger partial charge in [0.25, 0.3) is 0 Å². The predicted molar refractivity (Wildman–Crippen MR) is 123 cm³/mol. The van der Waals surface area contributed by atoms with Gasteiger partial charge in [0.2, 0.25) is 5.91 Å². The van der Waals surface area contributed by atoms with Gasteiger partial charge in [-0.1, -0.05) is 24.3 Å². The number of hydroxylamine groups is 1. The van der Waals surface area contributed by atoms with Gasteiger partial charge in [-0.05, 0) is 75.7 Å². The van der Waals surface area contributed by atoms with Crippen molar-refractivity contribution in [2.75, 3.05) is 27.2 Å². The zero-order valence-corrected chi connectivity index (χ0v) is 18.8. The Hall–Kier alpha value is -3.16. The van der Waals surface area contributed by atoms with E-state index in [9.17, 15) is 14.8 Å². The number of carbonyl (C=O) groups excluding carboxylic acids is 1. The first kappa shape index (κ1) is 23.5. The molecule has 0 aliphatic rings. The minimum Gasteiger partial charge on any atom is -0.492 e. The number of benzene rings is 2. The fourth-order valence-corrected chi connectivity index (χ4v) is 3.53. The topological polar surface area (TPSA) is 92.0 Å². The van der Waals surface area contributed by atoms with Gasteiger partial charge in [0, 0.05) is 23.4 Å². The molecule has 7 nitrogen and oxygen atoms in total. The van der Waals surface area contributed by atoms with Crippen LogP contribution in [0.2, 0.25) is 0 Å². The van der Waals surface area contributed by atoms with Crippen molar-refractivity contribution in [1.82, 2.24) is 10.4 Å². The standard InChI is InChI=1S/C25H30N2O5/c1-17-4-8-19-15-21(25(29)32-23(19)14-17)16-20(24(28)26-30)9-5-18-6-10-22(11-7-18)31-13-12-27(2)3/h4,6-8,10-11,14-15,20,30H,5,9,12-13,16H2,1-3H3,(H,26,28). The molecule has 0 fully saturated rings. The number of carbonyl (C=O) groups is 1. The first-order valence-corrected chi connectivity index (χ1v) is 10.7. The Morgan fingerprint density at radius 3 is 2.59 bits per heavy atom. The minimum atomic E-state index is -0.568. The molecule has 1 atom stereocenters. The van der Waals surface area contributed by atoms with Gasteiger partial charge in [-0.2, -0.15) is 0 Å². The van der Waals surface area contributed by atoms with Gasteiger partial charge in [-0.25, -0.2) is 10.3 Å². The van der Waals surface area contributed by atoms with Gasteiger partial charge in [0.1, 0.15) is 17.9 Å². The fourth-order valence-electron chi connectivity index (χ4n) is 3.53.